The summed E-state index contributed by atoms with van der Waals surface area (Å²) in [6, 6.07) is 18.1. The number of benzene rings is 2. The molecule has 2 aromatic carbocycles. The van der Waals surface area contributed by atoms with Crippen LogP contribution in [0.25, 0.3) is 5.76 Å². The molecule has 0 N–H and O–H groups in total. The van der Waals surface area contributed by atoms with Crippen molar-refractivity contribution >= 4 is 11.7 Å². The molecule has 27 heavy (non-hydrogen) atoms. The molecule has 0 radical (unpaired) electrons. The minimum absolute atomic E-state index is 0.0259. The maximum absolute atomic E-state index is 13.3. The average Bonchev–Trinajstić information content (AvgIpc) is 2.98. The highest BCUT2D eigenvalue weighted by atomic mass is 16.5. The fourth-order valence-corrected chi connectivity index (χ4v) is 4.53. The molecule has 1 spiro atoms. The van der Waals surface area contributed by atoms with Crippen LogP contribution in [-0.2, 0) is 9.53 Å². The van der Waals surface area contributed by atoms with Gasteiger partial charge in [0.15, 0.2) is 0 Å². The molecule has 140 valence electrons. The number of hydrogen-bond donors (Lipinski definition) is 0. The van der Waals surface area contributed by atoms with Crippen LogP contribution in [0.3, 0.4) is 0 Å². The molecule has 3 heteroatoms. The third-order valence-electron chi connectivity index (χ3n) is 6.05. The van der Waals surface area contributed by atoms with Gasteiger partial charge in [-0.1, -0.05) is 68.1 Å². The van der Waals surface area contributed by atoms with Gasteiger partial charge in [-0.05, 0) is 36.6 Å². The first-order chi connectivity index (χ1) is 13.2. The van der Waals surface area contributed by atoms with Crippen LogP contribution in [0.15, 0.2) is 60.7 Å². The summed E-state index contributed by atoms with van der Waals surface area (Å²) < 4.78 is 11.2. The summed E-state index contributed by atoms with van der Waals surface area (Å²) in [6.45, 7) is 0. The third kappa shape index (κ3) is 3.39. The Morgan fingerprint density at radius 3 is 2.22 bits per heavy atom. The van der Waals surface area contributed by atoms with E-state index in [9.17, 15) is 4.79 Å². The zero-order valence-corrected chi connectivity index (χ0v) is 15.8. The van der Waals surface area contributed by atoms with Gasteiger partial charge in [0.25, 0.3) is 0 Å². The largest absolute Gasteiger partial charge is 0.497 e. The fourth-order valence-electron chi connectivity index (χ4n) is 4.53. The number of esters is 1. The molecular formula is C24H26O3. The Labute approximate surface area is 161 Å². The zero-order chi connectivity index (χ0) is 18.7. The highest BCUT2D eigenvalue weighted by Gasteiger charge is 2.49. The van der Waals surface area contributed by atoms with Crippen molar-refractivity contribution in [2.75, 3.05) is 7.11 Å². The van der Waals surface area contributed by atoms with Gasteiger partial charge in [0.1, 0.15) is 11.5 Å². The van der Waals surface area contributed by atoms with Crippen molar-refractivity contribution in [3.05, 3.63) is 71.8 Å². The minimum atomic E-state index is -0.455. The third-order valence-corrected chi connectivity index (χ3v) is 6.05. The van der Waals surface area contributed by atoms with Crippen LogP contribution in [0, 0.1) is 5.41 Å². The van der Waals surface area contributed by atoms with E-state index in [2.05, 4.69) is 18.2 Å². The van der Waals surface area contributed by atoms with Gasteiger partial charge in [-0.15, -0.1) is 0 Å². The number of allylic oxidation sites excluding steroid dienone is 1. The van der Waals surface area contributed by atoms with Crippen molar-refractivity contribution in [2.24, 2.45) is 5.41 Å². The van der Waals surface area contributed by atoms with Crippen molar-refractivity contribution in [1.29, 1.82) is 0 Å². The second-order valence-electron chi connectivity index (χ2n) is 7.61. The molecular weight excluding hydrogens is 336 g/mol. The van der Waals surface area contributed by atoms with Crippen LogP contribution in [0.4, 0.5) is 0 Å². The summed E-state index contributed by atoms with van der Waals surface area (Å²) >= 11 is 0. The van der Waals surface area contributed by atoms with Crippen LogP contribution in [0.1, 0.15) is 55.6 Å². The molecule has 0 saturated heterocycles. The Hall–Kier alpha value is -2.55. The van der Waals surface area contributed by atoms with Crippen molar-refractivity contribution in [3.63, 3.8) is 0 Å². The van der Waals surface area contributed by atoms with Crippen LogP contribution in [0.2, 0.25) is 0 Å². The highest BCUT2D eigenvalue weighted by molar-refractivity contribution is 5.87. The standard InChI is InChI=1S/C24H26O3/c1-26-20-13-11-18(12-14-20)21-17-22(19-9-5-4-6-10-19)27-23(25)24(21)15-7-2-3-8-16-24/h4-6,9-14,17,21H,2-3,7-8,15-16H2,1H3. The molecule has 1 atom stereocenters. The summed E-state index contributed by atoms with van der Waals surface area (Å²) in [5, 5.41) is 0. The number of cyclic esters (lactones) is 1. The summed E-state index contributed by atoms with van der Waals surface area (Å²) in [5.41, 5.74) is 1.65. The fraction of sp³-hybridized carbons (Fsp3) is 0.375. The second-order valence-corrected chi connectivity index (χ2v) is 7.61. The summed E-state index contributed by atoms with van der Waals surface area (Å²) in [7, 11) is 1.67. The van der Waals surface area contributed by atoms with Gasteiger partial charge in [-0.2, -0.15) is 0 Å². The average molecular weight is 362 g/mol. The molecule has 2 aliphatic rings. The number of hydrogen-bond acceptors (Lipinski definition) is 3. The Morgan fingerprint density at radius 1 is 0.926 bits per heavy atom. The van der Waals surface area contributed by atoms with Crippen LogP contribution < -0.4 is 4.74 Å². The lowest BCUT2D eigenvalue weighted by molar-refractivity contribution is -0.151. The van der Waals surface area contributed by atoms with E-state index in [1.54, 1.807) is 7.11 Å². The molecule has 0 aromatic heterocycles. The Balaban J connectivity index is 1.81. The lowest BCUT2D eigenvalue weighted by Crippen LogP contribution is -2.40. The van der Waals surface area contributed by atoms with Gasteiger partial charge >= 0.3 is 5.97 Å². The van der Waals surface area contributed by atoms with E-state index < -0.39 is 5.41 Å². The van der Waals surface area contributed by atoms with Crippen molar-refractivity contribution < 1.29 is 14.3 Å². The number of rotatable bonds is 3. The van der Waals surface area contributed by atoms with Gasteiger partial charge in [-0.25, -0.2) is 0 Å². The monoisotopic (exact) mass is 362 g/mol. The van der Waals surface area contributed by atoms with Crippen molar-refractivity contribution in [2.45, 2.75) is 44.4 Å². The predicted octanol–water partition coefficient (Wildman–Crippen LogP) is 5.72. The number of carbonyl (C=O) groups excluding carboxylic acids is 1. The first-order valence-electron chi connectivity index (χ1n) is 9.86. The molecule has 1 fully saturated rings. The van der Waals surface area contributed by atoms with E-state index in [0.717, 1.165) is 42.6 Å². The van der Waals surface area contributed by atoms with E-state index in [0.29, 0.717) is 5.76 Å². The highest BCUT2D eigenvalue weighted by Crippen LogP contribution is 2.52. The minimum Gasteiger partial charge on any atom is -0.497 e. The van der Waals surface area contributed by atoms with Crippen LogP contribution in [0.5, 0.6) is 5.75 Å². The molecule has 1 saturated carbocycles. The predicted molar refractivity (Wildman–Crippen MR) is 106 cm³/mol. The van der Waals surface area contributed by atoms with E-state index in [1.807, 2.05) is 42.5 Å². The summed E-state index contributed by atoms with van der Waals surface area (Å²) in [4.78, 5) is 13.3. The quantitative estimate of drug-likeness (QED) is 0.655. The van der Waals surface area contributed by atoms with Gasteiger partial charge in [0.2, 0.25) is 0 Å². The Bertz CT molecular complexity index is 812. The maximum Gasteiger partial charge on any atom is 0.318 e. The smallest absolute Gasteiger partial charge is 0.318 e. The molecule has 0 bridgehead atoms. The number of carbonyl (C=O) groups is 1. The van der Waals surface area contributed by atoms with Crippen molar-refractivity contribution in [1.82, 2.24) is 0 Å². The van der Waals surface area contributed by atoms with E-state index in [4.69, 9.17) is 9.47 Å². The molecule has 1 heterocycles. The molecule has 1 aliphatic heterocycles. The molecule has 0 amide bonds. The van der Waals surface area contributed by atoms with E-state index in [1.165, 1.54) is 12.8 Å². The first-order valence-corrected chi connectivity index (χ1v) is 9.86. The molecule has 4 rings (SSSR count). The number of ether oxygens (including phenoxy) is 2. The Morgan fingerprint density at radius 2 is 1.59 bits per heavy atom. The molecule has 2 aromatic rings. The van der Waals surface area contributed by atoms with E-state index >= 15 is 0 Å². The zero-order valence-electron chi connectivity index (χ0n) is 15.8. The topological polar surface area (TPSA) is 35.5 Å². The normalized spacial score (nSPS) is 21.9. The Kier molecular flexibility index (Phi) is 5.02. The number of methoxy groups -OCH3 is 1. The van der Waals surface area contributed by atoms with Crippen LogP contribution >= 0.6 is 0 Å². The molecule has 3 nitrogen and oxygen atoms in total. The SMILES string of the molecule is COc1ccc(C2C=C(c3ccccc3)OC(=O)C23CCCCCC3)cc1. The lowest BCUT2D eigenvalue weighted by atomic mass is 9.66. The van der Waals surface area contributed by atoms with E-state index in [-0.39, 0.29) is 11.9 Å². The van der Waals surface area contributed by atoms with Gasteiger partial charge in [0, 0.05) is 11.5 Å². The van der Waals surface area contributed by atoms with Crippen LogP contribution in [-0.4, -0.2) is 13.1 Å². The van der Waals surface area contributed by atoms with Crippen molar-refractivity contribution in [3.8, 4) is 5.75 Å². The summed E-state index contributed by atoms with van der Waals surface area (Å²) in [5.74, 6) is 1.47. The van der Waals surface area contributed by atoms with Gasteiger partial charge in [-0.3, -0.25) is 4.79 Å². The first kappa shape index (κ1) is 17.8. The lowest BCUT2D eigenvalue weighted by Gasteiger charge is -2.40. The summed E-state index contributed by atoms with van der Waals surface area (Å²) in [6.07, 6.45) is 8.50. The van der Waals surface area contributed by atoms with Gasteiger partial charge < -0.3 is 9.47 Å². The maximum atomic E-state index is 13.3. The molecule has 1 aliphatic carbocycles. The van der Waals surface area contributed by atoms with Gasteiger partial charge in [0.05, 0.1) is 12.5 Å². The molecule has 1 unspecified atom stereocenters. The second kappa shape index (κ2) is 7.59.